The van der Waals surface area contributed by atoms with E-state index in [4.69, 9.17) is 4.74 Å². The van der Waals surface area contributed by atoms with Crippen LogP contribution in [0.1, 0.15) is 30.2 Å². The van der Waals surface area contributed by atoms with Crippen LogP contribution in [0.25, 0.3) is 0 Å². The first-order chi connectivity index (χ1) is 13.2. The first kappa shape index (κ1) is 18.4. The average molecular weight is 362 g/mol. The van der Waals surface area contributed by atoms with Gasteiger partial charge in [0.1, 0.15) is 12.4 Å². The Hall–Kier alpha value is -3.41. The number of benzene rings is 2. The summed E-state index contributed by atoms with van der Waals surface area (Å²) in [4.78, 5) is 18.6. The molecule has 0 unspecified atom stereocenters. The van der Waals surface area contributed by atoms with Crippen molar-refractivity contribution in [3.63, 3.8) is 0 Å². The highest BCUT2D eigenvalue weighted by Crippen LogP contribution is 2.13. The summed E-state index contributed by atoms with van der Waals surface area (Å²) in [5.74, 6) is 1.13. The molecule has 0 aliphatic heterocycles. The summed E-state index contributed by atoms with van der Waals surface area (Å²) in [5.41, 5.74) is 5.35. The minimum Gasteiger partial charge on any atom is -0.489 e. The van der Waals surface area contributed by atoms with E-state index in [1.54, 1.807) is 6.21 Å². The van der Waals surface area contributed by atoms with Gasteiger partial charge in [0.15, 0.2) is 0 Å². The fourth-order valence-electron chi connectivity index (χ4n) is 2.50. The van der Waals surface area contributed by atoms with Gasteiger partial charge in [0, 0.05) is 11.8 Å². The van der Waals surface area contributed by atoms with Gasteiger partial charge in [-0.1, -0.05) is 43.7 Å². The highest BCUT2D eigenvalue weighted by molar-refractivity contribution is 5.80. The maximum Gasteiger partial charge on any atom is 0.252 e. The molecule has 1 aromatic heterocycles. The smallest absolute Gasteiger partial charge is 0.252 e. The SMILES string of the molecule is CCCc1cc(=O)[nH]c(N/N=C/c2ccc(OCc3ccccc3)cc2)n1. The standard InChI is InChI=1S/C21H22N4O2/c1-2-6-18-13-20(26)24-21(23-18)25-22-14-16-9-11-19(12-10-16)27-15-17-7-4-3-5-8-17/h3-5,7-14H,2,6,15H2,1H3,(H2,23,24,25,26)/b22-14+. The van der Waals surface area contributed by atoms with E-state index in [0.29, 0.717) is 12.6 Å². The first-order valence-corrected chi connectivity index (χ1v) is 8.89. The molecule has 0 fully saturated rings. The zero-order chi connectivity index (χ0) is 18.9. The van der Waals surface area contributed by atoms with Crippen molar-refractivity contribution in [1.82, 2.24) is 9.97 Å². The summed E-state index contributed by atoms with van der Waals surface area (Å²) in [7, 11) is 0. The van der Waals surface area contributed by atoms with Crippen LogP contribution < -0.4 is 15.7 Å². The molecule has 1 heterocycles. The maximum atomic E-state index is 11.6. The molecule has 3 aromatic rings. The topological polar surface area (TPSA) is 79.4 Å². The molecular formula is C21H22N4O2. The van der Waals surface area contributed by atoms with Crippen LogP contribution in [0.15, 0.2) is 70.6 Å². The molecule has 0 spiro atoms. The highest BCUT2D eigenvalue weighted by atomic mass is 16.5. The number of aromatic nitrogens is 2. The fourth-order valence-corrected chi connectivity index (χ4v) is 2.50. The van der Waals surface area contributed by atoms with Crippen LogP contribution in [0.3, 0.4) is 0 Å². The van der Waals surface area contributed by atoms with Crippen molar-refractivity contribution in [2.45, 2.75) is 26.4 Å². The summed E-state index contributed by atoms with van der Waals surface area (Å²) in [5, 5.41) is 4.13. The minimum absolute atomic E-state index is 0.189. The molecule has 6 heteroatoms. The third kappa shape index (κ3) is 5.81. The van der Waals surface area contributed by atoms with Crippen molar-refractivity contribution in [3.05, 3.63) is 87.8 Å². The van der Waals surface area contributed by atoms with Gasteiger partial charge in [0.25, 0.3) is 5.56 Å². The van der Waals surface area contributed by atoms with Gasteiger partial charge in [-0.15, -0.1) is 0 Å². The lowest BCUT2D eigenvalue weighted by molar-refractivity contribution is 0.306. The number of anilines is 1. The second kappa shape index (κ2) is 9.33. The lowest BCUT2D eigenvalue weighted by Gasteiger charge is -2.06. The number of hydrogen-bond acceptors (Lipinski definition) is 5. The minimum atomic E-state index is -0.189. The van der Waals surface area contributed by atoms with Crippen molar-refractivity contribution in [2.24, 2.45) is 5.10 Å². The molecule has 0 aliphatic carbocycles. The van der Waals surface area contributed by atoms with Gasteiger partial charge in [-0.3, -0.25) is 9.78 Å². The Bertz CT molecular complexity index is 934. The van der Waals surface area contributed by atoms with Crippen molar-refractivity contribution in [1.29, 1.82) is 0 Å². The molecule has 6 nitrogen and oxygen atoms in total. The van der Waals surface area contributed by atoms with Crippen molar-refractivity contribution in [3.8, 4) is 5.75 Å². The predicted octanol–water partition coefficient (Wildman–Crippen LogP) is 3.75. The van der Waals surface area contributed by atoms with Gasteiger partial charge >= 0.3 is 0 Å². The Morgan fingerprint density at radius 2 is 1.93 bits per heavy atom. The third-order valence-corrected chi connectivity index (χ3v) is 3.81. The number of ether oxygens (including phenoxy) is 1. The van der Waals surface area contributed by atoms with E-state index in [1.165, 1.54) is 6.07 Å². The number of rotatable bonds is 8. The molecule has 0 bridgehead atoms. The van der Waals surface area contributed by atoms with Gasteiger partial charge in [0.05, 0.1) is 6.21 Å². The van der Waals surface area contributed by atoms with Crippen molar-refractivity contribution >= 4 is 12.2 Å². The van der Waals surface area contributed by atoms with Crippen LogP contribution in [-0.4, -0.2) is 16.2 Å². The molecule has 138 valence electrons. The molecule has 3 rings (SSSR count). The monoisotopic (exact) mass is 362 g/mol. The lowest BCUT2D eigenvalue weighted by Crippen LogP contribution is -2.11. The van der Waals surface area contributed by atoms with Crippen molar-refractivity contribution < 1.29 is 4.74 Å². The Morgan fingerprint density at radius 3 is 2.67 bits per heavy atom. The molecule has 0 amide bonds. The van der Waals surface area contributed by atoms with Gasteiger partial charge < -0.3 is 4.74 Å². The molecule has 0 saturated carbocycles. The quantitative estimate of drug-likeness (QED) is 0.472. The molecule has 0 saturated heterocycles. The largest absolute Gasteiger partial charge is 0.489 e. The molecule has 0 atom stereocenters. The Balaban J connectivity index is 1.55. The van der Waals surface area contributed by atoms with Crippen LogP contribution in [0.5, 0.6) is 5.75 Å². The van der Waals surface area contributed by atoms with Crippen LogP contribution in [0.2, 0.25) is 0 Å². The van der Waals surface area contributed by atoms with Gasteiger partial charge in [-0.25, -0.2) is 10.4 Å². The summed E-state index contributed by atoms with van der Waals surface area (Å²) in [6, 6.07) is 19.1. The van der Waals surface area contributed by atoms with E-state index in [1.807, 2.05) is 61.5 Å². The molecule has 0 radical (unpaired) electrons. The Labute approximate surface area is 157 Å². The van der Waals surface area contributed by atoms with E-state index in [-0.39, 0.29) is 5.56 Å². The normalized spacial score (nSPS) is 10.9. The highest BCUT2D eigenvalue weighted by Gasteiger charge is 2.00. The summed E-state index contributed by atoms with van der Waals surface area (Å²) < 4.78 is 5.76. The molecule has 0 aliphatic rings. The summed E-state index contributed by atoms with van der Waals surface area (Å²) in [6.07, 6.45) is 3.35. The number of nitrogens with one attached hydrogen (secondary N) is 2. The molecule has 2 N–H and O–H groups in total. The van der Waals surface area contributed by atoms with Crippen molar-refractivity contribution in [2.75, 3.05) is 5.43 Å². The number of aryl methyl sites for hydroxylation is 1. The Kier molecular flexibility index (Phi) is 6.35. The second-order valence-corrected chi connectivity index (χ2v) is 6.05. The third-order valence-electron chi connectivity index (χ3n) is 3.81. The second-order valence-electron chi connectivity index (χ2n) is 6.05. The van der Waals surface area contributed by atoms with Gasteiger partial charge in [-0.2, -0.15) is 5.10 Å². The molecular weight excluding hydrogens is 340 g/mol. The predicted molar refractivity (Wildman–Crippen MR) is 107 cm³/mol. The molecule has 2 aromatic carbocycles. The number of nitrogens with zero attached hydrogens (tertiary/aromatic N) is 2. The fraction of sp³-hybridized carbons (Fsp3) is 0.190. The van der Waals surface area contributed by atoms with E-state index >= 15 is 0 Å². The van der Waals surface area contributed by atoms with E-state index < -0.39 is 0 Å². The van der Waals surface area contributed by atoms with Crippen LogP contribution in [-0.2, 0) is 13.0 Å². The maximum absolute atomic E-state index is 11.6. The average Bonchev–Trinajstić information content (AvgIpc) is 2.68. The number of hydrazone groups is 1. The summed E-state index contributed by atoms with van der Waals surface area (Å²) in [6.45, 7) is 2.57. The molecule has 27 heavy (non-hydrogen) atoms. The zero-order valence-corrected chi connectivity index (χ0v) is 15.2. The number of aromatic amines is 1. The number of hydrogen-bond donors (Lipinski definition) is 2. The first-order valence-electron chi connectivity index (χ1n) is 8.89. The van der Waals surface area contributed by atoms with E-state index in [2.05, 4.69) is 20.5 Å². The van der Waals surface area contributed by atoms with E-state index in [9.17, 15) is 4.79 Å². The lowest BCUT2D eigenvalue weighted by atomic mass is 10.2. The summed E-state index contributed by atoms with van der Waals surface area (Å²) >= 11 is 0. The van der Waals surface area contributed by atoms with Crippen LogP contribution >= 0.6 is 0 Å². The zero-order valence-electron chi connectivity index (χ0n) is 15.2. The van der Waals surface area contributed by atoms with Gasteiger partial charge in [-0.05, 0) is 41.8 Å². The van der Waals surface area contributed by atoms with Crippen LogP contribution in [0, 0.1) is 0 Å². The number of H-pyrrole nitrogens is 1. The van der Waals surface area contributed by atoms with Gasteiger partial charge in [0.2, 0.25) is 5.95 Å². The van der Waals surface area contributed by atoms with E-state index in [0.717, 1.165) is 35.4 Å². The van der Waals surface area contributed by atoms with Crippen LogP contribution in [0.4, 0.5) is 5.95 Å². The Morgan fingerprint density at radius 1 is 1.15 bits per heavy atom.